The van der Waals surface area contributed by atoms with Crippen LogP contribution in [0.25, 0.3) is 22.0 Å². The van der Waals surface area contributed by atoms with Crippen LogP contribution >= 0.6 is 11.6 Å². The number of H-pyrrole nitrogens is 1. The molecule has 112 valence electrons. The topological polar surface area (TPSA) is 54.5 Å². The van der Waals surface area contributed by atoms with Crippen LogP contribution in [0.15, 0.2) is 61.1 Å². The summed E-state index contributed by atoms with van der Waals surface area (Å²) in [4.78, 5) is 8.75. The predicted octanol–water partition coefficient (Wildman–Crippen LogP) is 4.26. The highest BCUT2D eigenvalue weighted by molar-refractivity contribution is 6.30. The number of hydrogen-bond donors (Lipinski definition) is 1. The number of aromatic nitrogens is 4. The molecule has 2 aromatic heterocycles. The Bertz CT molecular complexity index is 964. The van der Waals surface area contributed by atoms with Crippen LogP contribution in [0.1, 0.15) is 11.4 Å². The number of nitrogens with zero attached hydrogens (tertiary/aromatic N) is 3. The van der Waals surface area contributed by atoms with E-state index in [1.54, 1.807) is 6.33 Å². The zero-order valence-electron chi connectivity index (χ0n) is 12.2. The van der Waals surface area contributed by atoms with Gasteiger partial charge in [-0.1, -0.05) is 29.8 Å². The number of benzene rings is 2. The highest BCUT2D eigenvalue weighted by Crippen LogP contribution is 2.30. The molecular weight excluding hydrogens is 308 g/mol. The number of hydrogen-bond acceptors (Lipinski definition) is 3. The van der Waals surface area contributed by atoms with Gasteiger partial charge in [-0.05, 0) is 41.5 Å². The van der Waals surface area contributed by atoms with Crippen molar-refractivity contribution >= 4 is 22.5 Å². The Labute approximate surface area is 138 Å². The Morgan fingerprint density at radius 2 is 1.96 bits per heavy atom. The van der Waals surface area contributed by atoms with Crippen LogP contribution in [0.5, 0.6) is 0 Å². The average Bonchev–Trinajstić information content (AvgIpc) is 3.07. The Morgan fingerprint density at radius 1 is 1.00 bits per heavy atom. The minimum absolute atomic E-state index is 0.669. The molecule has 0 amide bonds. The van der Waals surface area contributed by atoms with Crippen molar-refractivity contribution < 1.29 is 0 Å². The minimum atomic E-state index is 0.669. The Balaban J connectivity index is 1.90. The molecule has 4 aromatic rings. The minimum Gasteiger partial charge on any atom is -0.266 e. The first-order valence-corrected chi connectivity index (χ1v) is 7.65. The van der Waals surface area contributed by atoms with Crippen LogP contribution in [0.4, 0.5) is 0 Å². The van der Waals surface area contributed by atoms with Gasteiger partial charge in [0.15, 0.2) is 5.82 Å². The van der Waals surface area contributed by atoms with Crippen LogP contribution in [0.2, 0.25) is 5.02 Å². The molecule has 2 heterocycles. The van der Waals surface area contributed by atoms with Crippen LogP contribution in [-0.4, -0.2) is 20.2 Å². The second kappa shape index (κ2) is 5.82. The molecule has 0 aliphatic heterocycles. The molecule has 0 bridgehead atoms. The van der Waals surface area contributed by atoms with Gasteiger partial charge in [-0.25, -0.2) is 4.98 Å². The fourth-order valence-corrected chi connectivity index (χ4v) is 2.93. The molecule has 0 saturated carbocycles. The van der Waals surface area contributed by atoms with Gasteiger partial charge in [0.25, 0.3) is 0 Å². The monoisotopic (exact) mass is 320 g/mol. The maximum absolute atomic E-state index is 6.16. The summed E-state index contributed by atoms with van der Waals surface area (Å²) < 4.78 is 0. The first-order valence-electron chi connectivity index (χ1n) is 7.28. The summed E-state index contributed by atoms with van der Waals surface area (Å²) in [6.07, 6.45) is 4.07. The third kappa shape index (κ3) is 2.81. The third-order valence-electron chi connectivity index (χ3n) is 3.73. The Kier molecular flexibility index (Phi) is 3.52. The number of rotatable bonds is 3. The Morgan fingerprint density at radius 3 is 2.78 bits per heavy atom. The molecule has 0 aliphatic rings. The van der Waals surface area contributed by atoms with Gasteiger partial charge >= 0.3 is 0 Å². The standard InChI is InChI=1S/C18H13ClN4/c19-15-5-1-3-13(10-15)16-8-12(9-17-21-11-22-23-17)7-14-4-2-6-20-18(14)16/h1-8,10-11H,9H2,(H,21,22,23). The molecule has 0 spiro atoms. The second-order valence-electron chi connectivity index (χ2n) is 5.32. The van der Waals surface area contributed by atoms with Crippen molar-refractivity contribution in [3.63, 3.8) is 0 Å². The molecule has 1 N–H and O–H groups in total. The summed E-state index contributed by atoms with van der Waals surface area (Å²) in [5.41, 5.74) is 4.22. The van der Waals surface area contributed by atoms with Crippen molar-refractivity contribution in [2.24, 2.45) is 0 Å². The molecule has 5 heteroatoms. The summed E-state index contributed by atoms with van der Waals surface area (Å²) in [5.74, 6) is 0.769. The number of nitrogens with one attached hydrogen (secondary N) is 1. The van der Waals surface area contributed by atoms with E-state index < -0.39 is 0 Å². The lowest BCUT2D eigenvalue weighted by Gasteiger charge is -2.09. The van der Waals surface area contributed by atoms with E-state index in [1.165, 1.54) is 0 Å². The van der Waals surface area contributed by atoms with Gasteiger partial charge in [-0.3, -0.25) is 10.1 Å². The molecular formula is C18H13ClN4. The summed E-state index contributed by atoms with van der Waals surface area (Å²) in [5, 5.41) is 8.69. The lowest BCUT2D eigenvalue weighted by atomic mass is 9.97. The van der Waals surface area contributed by atoms with Gasteiger partial charge < -0.3 is 0 Å². The molecule has 2 aromatic carbocycles. The van der Waals surface area contributed by atoms with E-state index in [1.807, 2.05) is 36.5 Å². The summed E-state index contributed by atoms with van der Waals surface area (Å²) >= 11 is 6.16. The van der Waals surface area contributed by atoms with Crippen molar-refractivity contribution in [2.75, 3.05) is 0 Å². The van der Waals surface area contributed by atoms with Crippen molar-refractivity contribution in [1.82, 2.24) is 20.2 Å². The predicted molar refractivity (Wildman–Crippen MR) is 91.4 cm³/mol. The third-order valence-corrected chi connectivity index (χ3v) is 3.96. The van der Waals surface area contributed by atoms with Gasteiger partial charge in [-0.2, -0.15) is 5.10 Å². The van der Waals surface area contributed by atoms with Crippen molar-refractivity contribution in [1.29, 1.82) is 0 Å². The molecule has 0 fully saturated rings. The van der Waals surface area contributed by atoms with Crippen LogP contribution in [-0.2, 0) is 6.42 Å². The van der Waals surface area contributed by atoms with Crippen LogP contribution in [0, 0.1) is 0 Å². The number of aromatic amines is 1. The highest BCUT2D eigenvalue weighted by Gasteiger charge is 2.09. The maximum Gasteiger partial charge on any atom is 0.154 e. The molecule has 23 heavy (non-hydrogen) atoms. The first-order chi connectivity index (χ1) is 11.3. The summed E-state index contributed by atoms with van der Waals surface area (Å²) in [6.45, 7) is 0. The van der Waals surface area contributed by atoms with Gasteiger partial charge in [0.1, 0.15) is 6.33 Å². The molecule has 0 saturated heterocycles. The maximum atomic E-state index is 6.16. The van der Waals surface area contributed by atoms with Gasteiger partial charge in [0.2, 0.25) is 0 Å². The largest absolute Gasteiger partial charge is 0.266 e. The van der Waals surface area contributed by atoms with E-state index in [0.717, 1.165) is 33.4 Å². The molecule has 0 unspecified atom stereocenters. The molecule has 4 nitrogen and oxygen atoms in total. The van der Waals surface area contributed by atoms with Gasteiger partial charge in [0, 0.05) is 28.6 Å². The quantitative estimate of drug-likeness (QED) is 0.613. The van der Waals surface area contributed by atoms with Crippen molar-refractivity contribution in [3.05, 3.63) is 77.5 Å². The molecule has 0 radical (unpaired) electrons. The first kappa shape index (κ1) is 13.9. The second-order valence-corrected chi connectivity index (χ2v) is 5.76. The summed E-state index contributed by atoms with van der Waals surface area (Å²) in [7, 11) is 0. The molecule has 0 atom stereocenters. The normalized spacial score (nSPS) is 11.0. The van der Waals surface area contributed by atoms with Crippen molar-refractivity contribution in [3.8, 4) is 11.1 Å². The number of halogens is 1. The van der Waals surface area contributed by atoms with E-state index >= 15 is 0 Å². The summed E-state index contributed by atoms with van der Waals surface area (Å²) in [6, 6.07) is 16.1. The highest BCUT2D eigenvalue weighted by atomic mass is 35.5. The van der Waals surface area contributed by atoms with E-state index in [0.29, 0.717) is 11.4 Å². The van der Waals surface area contributed by atoms with E-state index in [4.69, 9.17) is 11.6 Å². The smallest absolute Gasteiger partial charge is 0.154 e. The van der Waals surface area contributed by atoms with Gasteiger partial charge in [0.05, 0.1) is 5.52 Å². The van der Waals surface area contributed by atoms with Crippen molar-refractivity contribution in [2.45, 2.75) is 6.42 Å². The zero-order chi connectivity index (χ0) is 15.6. The van der Waals surface area contributed by atoms with E-state index in [2.05, 4.69) is 38.4 Å². The molecule has 4 rings (SSSR count). The van der Waals surface area contributed by atoms with Gasteiger partial charge in [-0.15, -0.1) is 0 Å². The van der Waals surface area contributed by atoms with E-state index in [-0.39, 0.29) is 0 Å². The number of fused-ring (bicyclic) bond motifs is 1. The lowest BCUT2D eigenvalue weighted by Crippen LogP contribution is -1.94. The Hall–Kier alpha value is -2.72. The van der Waals surface area contributed by atoms with E-state index in [9.17, 15) is 0 Å². The fourth-order valence-electron chi connectivity index (χ4n) is 2.74. The fraction of sp³-hybridized carbons (Fsp3) is 0.0556. The molecule has 0 aliphatic carbocycles. The lowest BCUT2D eigenvalue weighted by molar-refractivity contribution is 0.973. The van der Waals surface area contributed by atoms with Crippen LogP contribution in [0.3, 0.4) is 0 Å². The zero-order valence-corrected chi connectivity index (χ0v) is 13.0. The van der Waals surface area contributed by atoms with Crippen LogP contribution < -0.4 is 0 Å². The SMILES string of the molecule is Clc1cccc(-c2cc(Cc3nc[nH]n3)cc3cccnc23)c1. The number of pyridine rings is 1. The average molecular weight is 321 g/mol.